The maximum Gasteiger partial charge on any atom is 0.0391 e. The van der Waals surface area contributed by atoms with Crippen LogP contribution in [0, 0.1) is 5.92 Å². The van der Waals surface area contributed by atoms with Gasteiger partial charge in [0.15, 0.2) is 0 Å². The van der Waals surface area contributed by atoms with Gasteiger partial charge in [-0.1, -0.05) is 30.7 Å². The van der Waals surface area contributed by atoms with Crippen LogP contribution in [0.4, 0.5) is 0 Å². The Labute approximate surface area is 128 Å². The van der Waals surface area contributed by atoms with E-state index in [2.05, 4.69) is 29.2 Å². The second-order valence-electron chi connectivity index (χ2n) is 7.35. The van der Waals surface area contributed by atoms with Gasteiger partial charge in [-0.3, -0.25) is 4.90 Å². The first-order chi connectivity index (χ1) is 10.4. The highest BCUT2D eigenvalue weighted by atomic mass is 15.2. The van der Waals surface area contributed by atoms with E-state index in [0.29, 0.717) is 12.0 Å². The summed E-state index contributed by atoms with van der Waals surface area (Å²) in [6, 6.07) is 11.0. The quantitative estimate of drug-likeness (QED) is 0.910. The van der Waals surface area contributed by atoms with Crippen molar-refractivity contribution in [2.75, 3.05) is 13.1 Å². The summed E-state index contributed by atoms with van der Waals surface area (Å²) >= 11 is 0. The molecular weight excluding hydrogens is 256 g/mol. The van der Waals surface area contributed by atoms with Gasteiger partial charge in [0.25, 0.3) is 0 Å². The molecule has 0 aromatic heterocycles. The Hall–Kier alpha value is -0.860. The van der Waals surface area contributed by atoms with Gasteiger partial charge < -0.3 is 5.73 Å². The predicted octanol–water partition coefficient (Wildman–Crippen LogP) is 3.83. The SMILES string of the molecule is NCC1CCCCN(C2CC2)C1c1ccc(C2CC2)cc1. The molecule has 114 valence electrons. The zero-order valence-corrected chi connectivity index (χ0v) is 13.0. The van der Waals surface area contributed by atoms with Crippen LogP contribution in [0.1, 0.15) is 68.0 Å². The number of benzene rings is 1. The lowest BCUT2D eigenvalue weighted by molar-refractivity contribution is 0.149. The maximum atomic E-state index is 6.14. The third-order valence-corrected chi connectivity index (χ3v) is 5.69. The molecule has 2 saturated carbocycles. The maximum absolute atomic E-state index is 6.14. The lowest BCUT2D eigenvalue weighted by Gasteiger charge is -2.35. The second-order valence-corrected chi connectivity index (χ2v) is 7.35. The van der Waals surface area contributed by atoms with Gasteiger partial charge >= 0.3 is 0 Å². The Bertz CT molecular complexity index is 473. The minimum atomic E-state index is 0.568. The number of likely N-dealkylation sites (tertiary alicyclic amines) is 1. The standard InChI is InChI=1S/C19H28N2/c20-13-17-3-1-2-12-21(18-10-11-18)19(17)16-8-6-15(7-9-16)14-4-5-14/h6-9,14,17-19H,1-5,10-13,20H2. The van der Waals surface area contributed by atoms with E-state index in [1.54, 1.807) is 5.56 Å². The van der Waals surface area contributed by atoms with E-state index >= 15 is 0 Å². The molecule has 21 heavy (non-hydrogen) atoms. The number of hydrogen-bond acceptors (Lipinski definition) is 2. The highest BCUT2D eigenvalue weighted by molar-refractivity contribution is 5.30. The molecule has 0 amide bonds. The zero-order valence-electron chi connectivity index (χ0n) is 13.0. The van der Waals surface area contributed by atoms with Crippen molar-refractivity contribution in [2.45, 2.75) is 62.9 Å². The van der Waals surface area contributed by atoms with E-state index in [9.17, 15) is 0 Å². The van der Waals surface area contributed by atoms with Gasteiger partial charge in [-0.15, -0.1) is 0 Å². The third kappa shape index (κ3) is 2.89. The van der Waals surface area contributed by atoms with Crippen molar-refractivity contribution in [2.24, 2.45) is 11.7 Å². The molecule has 2 aliphatic carbocycles. The summed E-state index contributed by atoms with van der Waals surface area (Å²) in [6.07, 6.45) is 9.58. The molecule has 2 heteroatoms. The fraction of sp³-hybridized carbons (Fsp3) is 0.684. The van der Waals surface area contributed by atoms with E-state index in [4.69, 9.17) is 5.73 Å². The molecule has 1 aromatic rings. The lowest BCUT2D eigenvalue weighted by atomic mass is 9.88. The topological polar surface area (TPSA) is 29.3 Å². The molecule has 1 saturated heterocycles. The fourth-order valence-electron chi connectivity index (χ4n) is 4.18. The lowest BCUT2D eigenvalue weighted by Crippen LogP contribution is -2.37. The molecule has 0 radical (unpaired) electrons. The Kier molecular flexibility index (Phi) is 3.76. The summed E-state index contributed by atoms with van der Waals surface area (Å²) in [6.45, 7) is 2.11. The van der Waals surface area contributed by atoms with Crippen molar-refractivity contribution >= 4 is 0 Å². The predicted molar refractivity (Wildman–Crippen MR) is 87.3 cm³/mol. The monoisotopic (exact) mass is 284 g/mol. The average Bonchev–Trinajstić information content (AvgIpc) is 3.41. The zero-order chi connectivity index (χ0) is 14.2. The van der Waals surface area contributed by atoms with Gasteiger partial charge in [-0.25, -0.2) is 0 Å². The molecule has 4 rings (SSSR count). The van der Waals surface area contributed by atoms with Crippen LogP contribution in [0.25, 0.3) is 0 Å². The van der Waals surface area contributed by atoms with Crippen LogP contribution >= 0.6 is 0 Å². The Morgan fingerprint density at radius 2 is 1.62 bits per heavy atom. The molecule has 1 aliphatic heterocycles. The molecule has 3 aliphatic rings. The average molecular weight is 284 g/mol. The first-order valence-electron chi connectivity index (χ1n) is 8.92. The van der Waals surface area contributed by atoms with Gasteiger partial charge in [0.1, 0.15) is 0 Å². The normalized spacial score (nSPS) is 31.1. The molecule has 2 nitrogen and oxygen atoms in total. The van der Waals surface area contributed by atoms with Crippen LogP contribution in [0.3, 0.4) is 0 Å². The second kappa shape index (κ2) is 5.73. The van der Waals surface area contributed by atoms with E-state index in [-0.39, 0.29) is 0 Å². The number of hydrogen-bond donors (Lipinski definition) is 1. The first-order valence-corrected chi connectivity index (χ1v) is 8.92. The Morgan fingerprint density at radius 3 is 2.24 bits per heavy atom. The van der Waals surface area contributed by atoms with E-state index in [0.717, 1.165) is 18.5 Å². The molecule has 1 aromatic carbocycles. The molecule has 1 heterocycles. The summed E-state index contributed by atoms with van der Waals surface area (Å²) in [5.74, 6) is 1.50. The molecule has 2 N–H and O–H groups in total. The van der Waals surface area contributed by atoms with Crippen LogP contribution < -0.4 is 5.73 Å². The van der Waals surface area contributed by atoms with E-state index in [1.165, 1.54) is 57.1 Å². The minimum Gasteiger partial charge on any atom is -0.330 e. The highest BCUT2D eigenvalue weighted by Gasteiger charge is 2.38. The van der Waals surface area contributed by atoms with E-state index in [1.807, 2.05) is 0 Å². The summed E-state index contributed by atoms with van der Waals surface area (Å²) in [5, 5.41) is 0. The smallest absolute Gasteiger partial charge is 0.0391 e. The first kappa shape index (κ1) is 13.8. The number of rotatable bonds is 4. The van der Waals surface area contributed by atoms with Gasteiger partial charge in [0.05, 0.1) is 0 Å². The van der Waals surface area contributed by atoms with Crippen molar-refractivity contribution in [3.63, 3.8) is 0 Å². The van der Waals surface area contributed by atoms with Crippen molar-refractivity contribution < 1.29 is 0 Å². The molecule has 0 spiro atoms. The van der Waals surface area contributed by atoms with Crippen molar-refractivity contribution in [1.29, 1.82) is 0 Å². The van der Waals surface area contributed by atoms with E-state index < -0.39 is 0 Å². The summed E-state index contributed by atoms with van der Waals surface area (Å²) in [4.78, 5) is 2.79. The Morgan fingerprint density at radius 1 is 0.905 bits per heavy atom. The van der Waals surface area contributed by atoms with Crippen LogP contribution in [0.15, 0.2) is 24.3 Å². The minimum absolute atomic E-state index is 0.568. The Balaban J connectivity index is 1.62. The van der Waals surface area contributed by atoms with Crippen LogP contribution in [0.2, 0.25) is 0 Å². The van der Waals surface area contributed by atoms with Crippen molar-refractivity contribution in [1.82, 2.24) is 4.90 Å². The van der Waals surface area contributed by atoms with Crippen LogP contribution in [-0.2, 0) is 0 Å². The van der Waals surface area contributed by atoms with Gasteiger partial charge in [-0.2, -0.15) is 0 Å². The summed E-state index contributed by atoms with van der Waals surface area (Å²) in [5.41, 5.74) is 9.21. The highest BCUT2D eigenvalue weighted by Crippen LogP contribution is 2.43. The largest absolute Gasteiger partial charge is 0.330 e. The van der Waals surface area contributed by atoms with Crippen LogP contribution in [0.5, 0.6) is 0 Å². The molecule has 0 bridgehead atoms. The molecule has 2 unspecified atom stereocenters. The van der Waals surface area contributed by atoms with Crippen molar-refractivity contribution in [3.8, 4) is 0 Å². The summed E-state index contributed by atoms with van der Waals surface area (Å²) in [7, 11) is 0. The van der Waals surface area contributed by atoms with Crippen LogP contribution in [-0.4, -0.2) is 24.0 Å². The fourth-order valence-corrected chi connectivity index (χ4v) is 4.18. The number of nitrogens with two attached hydrogens (primary N) is 1. The van der Waals surface area contributed by atoms with Gasteiger partial charge in [0.2, 0.25) is 0 Å². The van der Waals surface area contributed by atoms with Gasteiger partial charge in [-0.05, 0) is 74.6 Å². The molecular formula is C19H28N2. The van der Waals surface area contributed by atoms with Gasteiger partial charge in [0, 0.05) is 12.1 Å². The van der Waals surface area contributed by atoms with Crippen molar-refractivity contribution in [3.05, 3.63) is 35.4 Å². The number of nitrogens with zero attached hydrogens (tertiary/aromatic N) is 1. The molecule has 3 fully saturated rings. The summed E-state index contributed by atoms with van der Waals surface area (Å²) < 4.78 is 0. The molecule has 2 atom stereocenters. The third-order valence-electron chi connectivity index (χ3n) is 5.69.